The van der Waals surface area contributed by atoms with Crippen LogP contribution in [0.3, 0.4) is 0 Å². The van der Waals surface area contributed by atoms with E-state index in [1.165, 1.54) is 6.07 Å². The van der Waals surface area contributed by atoms with Gasteiger partial charge in [-0.05, 0) is 34.1 Å². The second kappa shape index (κ2) is 11.0. The molecule has 0 saturated carbocycles. The topological polar surface area (TPSA) is 115 Å². The van der Waals surface area contributed by atoms with E-state index in [1.54, 1.807) is 18.2 Å². The zero-order valence-corrected chi connectivity index (χ0v) is 16.2. The Balaban J connectivity index is 0.00000300. The molecule has 0 aliphatic heterocycles. The minimum atomic E-state index is -0.441. The number of rotatable bonds is 9. The SMILES string of the molecule is Nc1nonc1C(=O)NCCNCc1cccc(OCc2ccccc2F)c1.[Cl-]. The maximum absolute atomic E-state index is 13.6. The number of nitrogens with two attached hydrogens (primary N) is 1. The molecule has 3 rings (SSSR count). The third-order valence-corrected chi connectivity index (χ3v) is 3.90. The number of hydrogen-bond donors (Lipinski definition) is 3. The molecule has 0 atom stereocenters. The fraction of sp³-hybridized carbons (Fsp3) is 0.211. The summed E-state index contributed by atoms with van der Waals surface area (Å²) in [5, 5.41) is 12.7. The van der Waals surface area contributed by atoms with Gasteiger partial charge in [-0.15, -0.1) is 0 Å². The van der Waals surface area contributed by atoms with E-state index < -0.39 is 5.91 Å². The number of carbonyl (C=O) groups is 1. The molecule has 29 heavy (non-hydrogen) atoms. The Morgan fingerprint density at radius 1 is 1.14 bits per heavy atom. The summed E-state index contributed by atoms with van der Waals surface area (Å²) in [6, 6.07) is 14.0. The van der Waals surface area contributed by atoms with Gasteiger partial charge in [-0.2, -0.15) is 0 Å². The number of benzene rings is 2. The quantitative estimate of drug-likeness (QED) is 0.376. The molecule has 2 aromatic carbocycles. The Morgan fingerprint density at radius 2 is 1.97 bits per heavy atom. The van der Waals surface area contributed by atoms with Crippen molar-refractivity contribution in [1.82, 2.24) is 20.9 Å². The molecule has 4 N–H and O–H groups in total. The summed E-state index contributed by atoms with van der Waals surface area (Å²) in [4.78, 5) is 11.8. The van der Waals surface area contributed by atoms with Crippen LogP contribution in [0.2, 0.25) is 0 Å². The van der Waals surface area contributed by atoms with Crippen LogP contribution in [0.1, 0.15) is 21.6 Å². The molecular weight excluding hydrogens is 401 g/mol. The first-order chi connectivity index (χ1) is 13.6. The summed E-state index contributed by atoms with van der Waals surface area (Å²) in [5.74, 6) is -0.114. The standard InChI is InChI=1S/C19H20FN5O3.ClH/c20-16-7-2-1-5-14(16)12-27-15-6-3-4-13(10-15)11-22-8-9-23-19(26)17-18(21)25-28-24-17;/h1-7,10,22H,8-9,11-12H2,(H2,21,25)(H,23,26);1H/p-1. The second-order valence-electron chi connectivity index (χ2n) is 5.96. The van der Waals surface area contributed by atoms with E-state index in [0.717, 1.165) is 5.56 Å². The minimum absolute atomic E-state index is 0. The van der Waals surface area contributed by atoms with Crippen molar-refractivity contribution in [2.45, 2.75) is 13.2 Å². The fourth-order valence-corrected chi connectivity index (χ4v) is 2.46. The lowest BCUT2D eigenvalue weighted by Crippen LogP contribution is -3.00. The van der Waals surface area contributed by atoms with Crippen molar-refractivity contribution in [3.05, 3.63) is 71.2 Å². The minimum Gasteiger partial charge on any atom is -1.00 e. The summed E-state index contributed by atoms with van der Waals surface area (Å²) in [7, 11) is 0. The highest BCUT2D eigenvalue weighted by molar-refractivity contribution is 5.95. The molecule has 0 bridgehead atoms. The van der Waals surface area contributed by atoms with Gasteiger partial charge in [0.05, 0.1) is 0 Å². The van der Waals surface area contributed by atoms with E-state index in [1.807, 2.05) is 24.3 Å². The summed E-state index contributed by atoms with van der Waals surface area (Å²) in [5.41, 5.74) is 6.93. The Hall–Kier alpha value is -3.17. The molecule has 1 heterocycles. The van der Waals surface area contributed by atoms with E-state index in [4.69, 9.17) is 10.5 Å². The lowest BCUT2D eigenvalue weighted by molar-refractivity contribution is -0.0000156. The first-order valence-corrected chi connectivity index (χ1v) is 8.65. The van der Waals surface area contributed by atoms with Gasteiger partial charge in [0.2, 0.25) is 11.5 Å². The van der Waals surface area contributed by atoms with Crippen molar-refractivity contribution in [1.29, 1.82) is 0 Å². The van der Waals surface area contributed by atoms with Gasteiger partial charge in [0, 0.05) is 25.2 Å². The normalized spacial score (nSPS) is 10.2. The van der Waals surface area contributed by atoms with Crippen LogP contribution in [0.5, 0.6) is 5.75 Å². The molecule has 0 aliphatic carbocycles. The van der Waals surface area contributed by atoms with Crippen LogP contribution in [-0.4, -0.2) is 29.3 Å². The van der Waals surface area contributed by atoms with Gasteiger partial charge < -0.3 is 33.5 Å². The van der Waals surface area contributed by atoms with E-state index in [0.29, 0.717) is 30.9 Å². The van der Waals surface area contributed by atoms with Gasteiger partial charge >= 0.3 is 0 Å². The van der Waals surface area contributed by atoms with Crippen molar-refractivity contribution < 1.29 is 31.0 Å². The van der Waals surface area contributed by atoms with Gasteiger partial charge in [0.25, 0.3) is 5.91 Å². The molecule has 3 aromatic rings. The number of amides is 1. The number of carbonyl (C=O) groups excluding carboxylic acids is 1. The van der Waals surface area contributed by atoms with Gasteiger partial charge in [0.15, 0.2) is 0 Å². The molecule has 0 unspecified atom stereocenters. The van der Waals surface area contributed by atoms with Gasteiger partial charge in [-0.1, -0.05) is 30.3 Å². The predicted octanol–water partition coefficient (Wildman–Crippen LogP) is -1.11. The lowest BCUT2D eigenvalue weighted by atomic mass is 10.2. The Morgan fingerprint density at radius 3 is 2.72 bits per heavy atom. The van der Waals surface area contributed by atoms with Gasteiger partial charge in [0.1, 0.15) is 18.2 Å². The van der Waals surface area contributed by atoms with Crippen LogP contribution in [0.25, 0.3) is 0 Å². The van der Waals surface area contributed by atoms with E-state index >= 15 is 0 Å². The summed E-state index contributed by atoms with van der Waals surface area (Å²) in [6.07, 6.45) is 0. The number of hydrogen-bond acceptors (Lipinski definition) is 7. The largest absolute Gasteiger partial charge is 1.00 e. The van der Waals surface area contributed by atoms with Crippen molar-refractivity contribution in [3.8, 4) is 5.75 Å². The molecular formula is C19H20ClFN5O3-. The van der Waals surface area contributed by atoms with Crippen molar-refractivity contribution in [3.63, 3.8) is 0 Å². The van der Waals surface area contributed by atoms with Crippen molar-refractivity contribution >= 4 is 11.7 Å². The highest BCUT2D eigenvalue weighted by Gasteiger charge is 2.14. The molecule has 8 nitrogen and oxygen atoms in total. The predicted molar refractivity (Wildman–Crippen MR) is 99.9 cm³/mol. The molecule has 0 fully saturated rings. The highest BCUT2D eigenvalue weighted by atomic mass is 35.5. The summed E-state index contributed by atoms with van der Waals surface area (Å²) < 4.78 is 23.7. The highest BCUT2D eigenvalue weighted by Crippen LogP contribution is 2.16. The summed E-state index contributed by atoms with van der Waals surface area (Å²) >= 11 is 0. The smallest absolute Gasteiger partial charge is 0.277 e. The van der Waals surface area contributed by atoms with E-state index in [2.05, 4.69) is 25.6 Å². The average molecular weight is 421 g/mol. The number of nitrogens with one attached hydrogen (secondary N) is 2. The third kappa shape index (κ3) is 6.44. The number of nitrogens with zero attached hydrogens (tertiary/aromatic N) is 2. The Kier molecular flexibility index (Phi) is 8.38. The zero-order chi connectivity index (χ0) is 19.8. The van der Waals surface area contributed by atoms with Crippen molar-refractivity contribution in [2.24, 2.45) is 0 Å². The fourth-order valence-electron chi connectivity index (χ4n) is 2.46. The Labute approximate surface area is 173 Å². The van der Waals surface area contributed by atoms with Crippen LogP contribution in [-0.2, 0) is 13.2 Å². The van der Waals surface area contributed by atoms with Crippen LogP contribution in [0.15, 0.2) is 53.2 Å². The number of ether oxygens (including phenoxy) is 1. The molecule has 0 aliphatic rings. The molecule has 0 radical (unpaired) electrons. The molecule has 0 saturated heterocycles. The number of anilines is 1. The van der Waals surface area contributed by atoms with Crippen LogP contribution < -0.4 is 33.5 Å². The second-order valence-corrected chi connectivity index (χ2v) is 5.96. The lowest BCUT2D eigenvalue weighted by Gasteiger charge is -2.10. The maximum atomic E-state index is 13.6. The Bertz CT molecular complexity index is 937. The van der Waals surface area contributed by atoms with E-state index in [-0.39, 0.29) is 36.3 Å². The van der Waals surface area contributed by atoms with Crippen LogP contribution in [0.4, 0.5) is 10.2 Å². The first kappa shape index (κ1) is 22.1. The monoisotopic (exact) mass is 420 g/mol. The summed E-state index contributed by atoms with van der Waals surface area (Å²) in [6.45, 7) is 1.67. The average Bonchev–Trinajstić information content (AvgIpc) is 3.13. The number of aromatic nitrogens is 2. The van der Waals surface area contributed by atoms with Crippen molar-refractivity contribution in [2.75, 3.05) is 18.8 Å². The van der Waals surface area contributed by atoms with Gasteiger partial charge in [-0.25, -0.2) is 9.02 Å². The molecule has 154 valence electrons. The number of nitrogen functional groups attached to an aromatic ring is 1. The molecule has 1 aromatic heterocycles. The molecule has 10 heteroatoms. The van der Waals surface area contributed by atoms with Crippen LogP contribution in [0, 0.1) is 5.82 Å². The molecule has 0 spiro atoms. The van der Waals surface area contributed by atoms with Crippen LogP contribution >= 0.6 is 0 Å². The number of halogens is 2. The molecule has 1 amide bonds. The van der Waals surface area contributed by atoms with Gasteiger partial charge in [-0.3, -0.25) is 4.79 Å². The third-order valence-electron chi connectivity index (χ3n) is 3.90. The van der Waals surface area contributed by atoms with E-state index in [9.17, 15) is 9.18 Å². The zero-order valence-electron chi connectivity index (χ0n) is 15.4. The first-order valence-electron chi connectivity index (χ1n) is 8.65. The maximum Gasteiger partial charge on any atom is 0.277 e.